The topological polar surface area (TPSA) is 110 Å². The lowest BCUT2D eigenvalue weighted by atomic mass is 9.92. The molecule has 2 amide bonds. The van der Waals surface area contributed by atoms with Gasteiger partial charge in [-0.2, -0.15) is 0 Å². The van der Waals surface area contributed by atoms with Crippen molar-refractivity contribution in [3.8, 4) is 0 Å². The minimum atomic E-state index is -0.621. The van der Waals surface area contributed by atoms with E-state index in [2.05, 4.69) is 5.32 Å². The number of likely N-dealkylation sites (tertiary alicyclic amines) is 1. The van der Waals surface area contributed by atoms with Crippen LogP contribution in [0.4, 0.5) is 0 Å². The van der Waals surface area contributed by atoms with Crippen molar-refractivity contribution < 1.29 is 33.3 Å². The van der Waals surface area contributed by atoms with Gasteiger partial charge in [0.2, 0.25) is 12.2 Å². The molecule has 0 spiro atoms. The number of aliphatic hydroxyl groups excluding tert-OH is 1. The molecule has 3 heterocycles. The van der Waals surface area contributed by atoms with Crippen LogP contribution in [0.5, 0.6) is 0 Å². The van der Waals surface area contributed by atoms with E-state index in [1.807, 2.05) is 35.2 Å². The molecule has 4 rings (SSSR count). The molecule has 2 N–H and O–H groups in total. The number of nitrogens with one attached hydrogen (secondary N) is 1. The summed E-state index contributed by atoms with van der Waals surface area (Å²) in [6.45, 7) is 2.68. The number of allylic oxidation sites excluding steroid dienone is 1. The van der Waals surface area contributed by atoms with Crippen molar-refractivity contribution in [1.82, 2.24) is 10.2 Å². The highest BCUT2D eigenvalue weighted by atomic mass is 16.7. The number of carbonyl (C=O) groups excluding carboxylic acids is 2. The monoisotopic (exact) mass is 472 g/mol. The molecule has 1 aromatic carbocycles. The molecule has 2 aromatic rings. The van der Waals surface area contributed by atoms with E-state index in [9.17, 15) is 9.59 Å². The zero-order valence-electron chi connectivity index (χ0n) is 19.2. The molecular weight excluding hydrogens is 440 g/mol. The molecule has 1 fully saturated rings. The number of aliphatic hydroxyl groups is 1. The summed E-state index contributed by atoms with van der Waals surface area (Å²) in [6, 6.07) is 7.78. The molecule has 1 aromatic heterocycles. The Morgan fingerprint density at radius 2 is 2.12 bits per heavy atom. The highest BCUT2D eigenvalue weighted by Gasteiger charge is 2.30. The van der Waals surface area contributed by atoms with Crippen LogP contribution >= 0.6 is 0 Å². The number of nitrogens with zero attached hydrogens (tertiary/aromatic N) is 1. The second-order valence-electron chi connectivity index (χ2n) is 8.41. The molecule has 2 aliphatic rings. The number of carbonyl (C=O) groups is 2. The van der Waals surface area contributed by atoms with E-state index >= 15 is 0 Å². The molecule has 1 saturated heterocycles. The van der Waals surface area contributed by atoms with Gasteiger partial charge in [0.1, 0.15) is 5.58 Å². The van der Waals surface area contributed by atoms with E-state index in [1.165, 1.54) is 0 Å². The largest absolute Gasteiger partial charge is 0.464 e. The zero-order chi connectivity index (χ0) is 23.8. The number of amides is 2. The number of rotatable bonds is 12. The van der Waals surface area contributed by atoms with Crippen LogP contribution in [0.3, 0.4) is 0 Å². The van der Waals surface area contributed by atoms with E-state index in [4.69, 9.17) is 23.7 Å². The first-order valence-corrected chi connectivity index (χ1v) is 11.9. The van der Waals surface area contributed by atoms with E-state index in [-0.39, 0.29) is 43.3 Å². The van der Waals surface area contributed by atoms with E-state index in [0.29, 0.717) is 39.0 Å². The molecule has 2 atom stereocenters. The van der Waals surface area contributed by atoms with Gasteiger partial charge in [-0.3, -0.25) is 9.59 Å². The fourth-order valence-electron chi connectivity index (χ4n) is 4.33. The van der Waals surface area contributed by atoms with Gasteiger partial charge in [0.05, 0.1) is 32.7 Å². The fourth-order valence-corrected chi connectivity index (χ4v) is 4.33. The lowest BCUT2D eigenvalue weighted by Crippen LogP contribution is -2.35. The maximum absolute atomic E-state index is 12.9. The standard InChI is InChI=1S/C25H32N2O7/c28-11-12-31-13-14-32-24-16-18(20-17-33-21-6-2-1-5-19(20)21)15-22(34-24)25(30)26-8-4-10-27-9-3-7-23(27)29/h1-2,5-6,15,17-18,24,28H,3-4,7-14,16H2,(H,26,30). The molecule has 0 aliphatic carbocycles. The maximum atomic E-state index is 12.9. The third kappa shape index (κ3) is 6.16. The van der Waals surface area contributed by atoms with Gasteiger partial charge in [-0.15, -0.1) is 0 Å². The minimum Gasteiger partial charge on any atom is -0.464 e. The van der Waals surface area contributed by atoms with Crippen LogP contribution in [-0.4, -0.2) is 74.2 Å². The average Bonchev–Trinajstić information content (AvgIpc) is 3.47. The fraction of sp³-hybridized carbons (Fsp3) is 0.520. The molecule has 2 aliphatic heterocycles. The third-order valence-corrected chi connectivity index (χ3v) is 6.02. The van der Waals surface area contributed by atoms with Crippen LogP contribution in [0.25, 0.3) is 11.0 Å². The second kappa shape index (κ2) is 12.0. The van der Waals surface area contributed by atoms with E-state index in [1.54, 1.807) is 6.26 Å². The predicted molar refractivity (Wildman–Crippen MR) is 124 cm³/mol. The van der Waals surface area contributed by atoms with Crippen LogP contribution < -0.4 is 5.32 Å². The van der Waals surface area contributed by atoms with E-state index in [0.717, 1.165) is 29.5 Å². The summed E-state index contributed by atoms with van der Waals surface area (Å²) in [5, 5.41) is 12.7. The molecule has 2 unspecified atom stereocenters. The lowest BCUT2D eigenvalue weighted by Gasteiger charge is -2.29. The highest BCUT2D eigenvalue weighted by Crippen LogP contribution is 2.36. The normalized spacial score (nSPS) is 20.4. The average molecular weight is 473 g/mol. The Balaban J connectivity index is 1.39. The molecule has 0 saturated carbocycles. The number of benzene rings is 1. The number of hydrogen-bond donors (Lipinski definition) is 2. The Hall–Kier alpha value is -2.88. The summed E-state index contributed by atoms with van der Waals surface area (Å²) in [5.74, 6) is -0.0399. The summed E-state index contributed by atoms with van der Waals surface area (Å²) in [4.78, 5) is 26.5. The molecule has 0 radical (unpaired) electrons. The number of fused-ring (bicyclic) bond motifs is 1. The van der Waals surface area contributed by atoms with Crippen molar-refractivity contribution in [2.45, 2.75) is 37.9 Å². The Bertz CT molecular complexity index is 1000. The Morgan fingerprint density at radius 3 is 2.94 bits per heavy atom. The first kappa shape index (κ1) is 24.3. The molecule has 9 nitrogen and oxygen atoms in total. The van der Waals surface area contributed by atoms with Crippen molar-refractivity contribution in [2.24, 2.45) is 0 Å². The van der Waals surface area contributed by atoms with Gasteiger partial charge in [-0.05, 0) is 25.0 Å². The molecule has 9 heteroatoms. The predicted octanol–water partition coefficient (Wildman–Crippen LogP) is 2.30. The van der Waals surface area contributed by atoms with Crippen molar-refractivity contribution in [1.29, 1.82) is 0 Å². The van der Waals surface area contributed by atoms with Gasteiger partial charge in [-0.1, -0.05) is 18.2 Å². The first-order chi connectivity index (χ1) is 16.7. The smallest absolute Gasteiger partial charge is 0.286 e. The first-order valence-electron chi connectivity index (χ1n) is 11.9. The number of ether oxygens (including phenoxy) is 3. The van der Waals surface area contributed by atoms with Crippen LogP contribution in [0, 0.1) is 0 Å². The summed E-state index contributed by atoms with van der Waals surface area (Å²) in [7, 11) is 0. The second-order valence-corrected chi connectivity index (χ2v) is 8.41. The van der Waals surface area contributed by atoms with Crippen LogP contribution in [-0.2, 0) is 23.8 Å². The third-order valence-electron chi connectivity index (χ3n) is 6.02. The number of furan rings is 1. The van der Waals surface area contributed by atoms with Crippen LogP contribution in [0.2, 0.25) is 0 Å². The van der Waals surface area contributed by atoms with Crippen molar-refractivity contribution in [3.05, 3.63) is 47.9 Å². The van der Waals surface area contributed by atoms with Crippen LogP contribution in [0.1, 0.15) is 37.2 Å². The Morgan fingerprint density at radius 1 is 1.24 bits per heavy atom. The quantitative estimate of drug-likeness (QED) is 0.456. The minimum absolute atomic E-state index is 0.0471. The summed E-state index contributed by atoms with van der Waals surface area (Å²) in [6.07, 6.45) is 5.65. The molecular formula is C25H32N2O7. The zero-order valence-corrected chi connectivity index (χ0v) is 19.2. The van der Waals surface area contributed by atoms with Crippen molar-refractivity contribution in [2.75, 3.05) is 46.1 Å². The maximum Gasteiger partial charge on any atom is 0.286 e. The number of hydrogen-bond acceptors (Lipinski definition) is 7. The summed E-state index contributed by atoms with van der Waals surface area (Å²) in [5.41, 5.74) is 1.76. The molecule has 0 bridgehead atoms. The number of para-hydroxylation sites is 1. The van der Waals surface area contributed by atoms with Gasteiger partial charge >= 0.3 is 0 Å². The summed E-state index contributed by atoms with van der Waals surface area (Å²) >= 11 is 0. The van der Waals surface area contributed by atoms with Gasteiger partial charge in [0, 0.05) is 49.3 Å². The summed E-state index contributed by atoms with van der Waals surface area (Å²) < 4.78 is 22.7. The Kier molecular flexibility index (Phi) is 8.56. The lowest BCUT2D eigenvalue weighted by molar-refractivity contribution is -0.151. The Labute approximate surface area is 198 Å². The van der Waals surface area contributed by atoms with E-state index < -0.39 is 6.29 Å². The molecule has 34 heavy (non-hydrogen) atoms. The van der Waals surface area contributed by atoms with Gasteiger partial charge in [0.15, 0.2) is 5.76 Å². The van der Waals surface area contributed by atoms with Gasteiger partial charge in [0.25, 0.3) is 5.91 Å². The van der Waals surface area contributed by atoms with Crippen molar-refractivity contribution in [3.63, 3.8) is 0 Å². The van der Waals surface area contributed by atoms with Crippen LogP contribution in [0.15, 0.2) is 46.8 Å². The molecule has 184 valence electrons. The van der Waals surface area contributed by atoms with Gasteiger partial charge < -0.3 is 34.0 Å². The SMILES string of the molecule is O=C(NCCCN1CCCC1=O)C1=CC(c2coc3ccccc23)CC(OCCOCCO)O1. The van der Waals surface area contributed by atoms with Crippen molar-refractivity contribution >= 4 is 22.8 Å². The van der Waals surface area contributed by atoms with Gasteiger partial charge in [-0.25, -0.2) is 0 Å². The highest BCUT2D eigenvalue weighted by molar-refractivity contribution is 5.92.